The van der Waals surface area contributed by atoms with Gasteiger partial charge in [-0.3, -0.25) is 4.90 Å². The first-order valence-electron chi connectivity index (χ1n) is 12.0. The minimum Gasteiger partial charge on any atom is -0.382 e. The monoisotopic (exact) mass is 520 g/mol. The van der Waals surface area contributed by atoms with Crippen molar-refractivity contribution in [2.45, 2.75) is 13.5 Å². The third-order valence-electron chi connectivity index (χ3n) is 6.46. The molecule has 0 radical (unpaired) electrons. The number of carbonyl (C=O) groups excluding carboxylic acids is 1. The molecule has 1 saturated heterocycles. The van der Waals surface area contributed by atoms with Gasteiger partial charge >= 0.3 is 6.03 Å². The van der Waals surface area contributed by atoms with E-state index in [0.29, 0.717) is 11.5 Å². The van der Waals surface area contributed by atoms with Crippen LogP contribution in [-0.4, -0.2) is 62.3 Å². The van der Waals surface area contributed by atoms with Crippen LogP contribution in [0.1, 0.15) is 11.3 Å². The average molecular weight is 521 g/mol. The summed E-state index contributed by atoms with van der Waals surface area (Å²) in [4.78, 5) is 19.0. The smallest absolute Gasteiger partial charge is 0.323 e. The van der Waals surface area contributed by atoms with Crippen molar-refractivity contribution < 1.29 is 9.18 Å². The number of hydrogen-bond acceptors (Lipinski definition) is 7. The number of piperazine rings is 1. The highest BCUT2D eigenvalue weighted by molar-refractivity contribution is 7.96. The molecule has 11 heteroatoms. The number of benzene rings is 2. The zero-order valence-corrected chi connectivity index (χ0v) is 21.6. The van der Waals surface area contributed by atoms with Crippen molar-refractivity contribution in [3.05, 3.63) is 71.9 Å². The van der Waals surface area contributed by atoms with E-state index in [-0.39, 0.29) is 5.69 Å². The third kappa shape index (κ3) is 5.53. The first-order chi connectivity index (χ1) is 17.9. The molecule has 2 aromatic carbocycles. The molecule has 1 aliphatic heterocycles. The molecule has 0 saturated carbocycles. The predicted octanol–water partition coefficient (Wildman–Crippen LogP) is 4.47. The first-order valence-corrected chi connectivity index (χ1v) is 13.2. The number of carbonyl (C=O) groups is 1. The van der Waals surface area contributed by atoms with Crippen molar-refractivity contribution in [2.75, 3.05) is 48.8 Å². The minimum absolute atomic E-state index is 0.132. The van der Waals surface area contributed by atoms with Gasteiger partial charge in [-0.25, -0.2) is 23.0 Å². The summed E-state index contributed by atoms with van der Waals surface area (Å²) in [5, 5.41) is 9.79. The maximum absolute atomic E-state index is 14.0. The summed E-state index contributed by atoms with van der Waals surface area (Å²) in [6.45, 7) is 6.61. The van der Waals surface area contributed by atoms with Crippen LogP contribution in [-0.2, 0) is 6.54 Å². The molecule has 1 aliphatic rings. The van der Waals surface area contributed by atoms with Crippen LogP contribution < -0.4 is 16.4 Å². The van der Waals surface area contributed by atoms with Gasteiger partial charge in [-0.1, -0.05) is 30.1 Å². The zero-order valence-electron chi connectivity index (χ0n) is 20.7. The van der Waals surface area contributed by atoms with Gasteiger partial charge < -0.3 is 16.4 Å². The van der Waals surface area contributed by atoms with Crippen molar-refractivity contribution >= 4 is 40.7 Å². The quantitative estimate of drug-likeness (QED) is 0.322. The summed E-state index contributed by atoms with van der Waals surface area (Å²) in [7, 11) is 0. The van der Waals surface area contributed by atoms with Gasteiger partial charge in [-0.15, -0.1) is 0 Å². The number of amides is 2. The second kappa shape index (κ2) is 10.8. The molecule has 4 N–H and O–H groups in total. The minimum atomic E-state index is -0.520. The normalized spacial score (nSPS) is 14.7. The van der Waals surface area contributed by atoms with E-state index in [9.17, 15) is 9.18 Å². The van der Waals surface area contributed by atoms with Crippen LogP contribution in [0.4, 0.5) is 26.4 Å². The fourth-order valence-electron chi connectivity index (χ4n) is 4.52. The topological polar surface area (TPSA) is 104 Å². The number of nitrogens with zero attached hydrogens (tertiary/aromatic N) is 5. The van der Waals surface area contributed by atoms with E-state index < -0.39 is 11.8 Å². The second-order valence-electron chi connectivity index (χ2n) is 8.98. The summed E-state index contributed by atoms with van der Waals surface area (Å²) < 4.78 is 18.2. The molecular formula is C26H29FN8OS. The largest absolute Gasteiger partial charge is 0.382 e. The maximum Gasteiger partial charge on any atom is 0.323 e. The van der Waals surface area contributed by atoms with E-state index >= 15 is 0 Å². The Morgan fingerprint density at radius 1 is 1.08 bits per heavy atom. The van der Waals surface area contributed by atoms with Gasteiger partial charge in [0, 0.05) is 44.0 Å². The lowest BCUT2D eigenvalue weighted by Crippen LogP contribution is -2.42. The van der Waals surface area contributed by atoms with Gasteiger partial charge in [-0.05, 0) is 54.6 Å². The number of aryl methyl sites for hydroxylation is 1. The molecule has 2 amide bonds. The van der Waals surface area contributed by atoms with Crippen LogP contribution in [0.15, 0.2) is 54.9 Å². The zero-order chi connectivity index (χ0) is 25.9. The van der Waals surface area contributed by atoms with Crippen molar-refractivity contribution in [1.29, 1.82) is 0 Å². The van der Waals surface area contributed by atoms with Crippen molar-refractivity contribution in [3.63, 3.8) is 0 Å². The Kier molecular flexibility index (Phi) is 7.26. The van der Waals surface area contributed by atoms with E-state index in [1.165, 1.54) is 12.4 Å². The molecular weight excluding hydrogens is 491 g/mol. The fraction of sp³-hybridized carbons (Fsp3) is 0.269. The number of nitrogens with one attached hydrogen (secondary N) is 2. The van der Waals surface area contributed by atoms with Crippen molar-refractivity contribution in [3.8, 4) is 11.1 Å². The lowest BCUT2D eigenvalue weighted by molar-refractivity contribution is 0.187. The molecule has 192 valence electrons. The van der Waals surface area contributed by atoms with E-state index in [2.05, 4.69) is 42.2 Å². The number of urea groups is 1. The van der Waals surface area contributed by atoms with Crippen molar-refractivity contribution in [2.24, 2.45) is 0 Å². The summed E-state index contributed by atoms with van der Waals surface area (Å²) >= 11 is 1.78. The van der Waals surface area contributed by atoms with Gasteiger partial charge in [-0.2, -0.15) is 5.10 Å². The summed E-state index contributed by atoms with van der Waals surface area (Å²) in [6, 6.07) is 13.6. The molecule has 0 spiro atoms. The van der Waals surface area contributed by atoms with Crippen LogP contribution in [0.5, 0.6) is 0 Å². The van der Waals surface area contributed by atoms with Gasteiger partial charge in [0.15, 0.2) is 5.82 Å². The van der Waals surface area contributed by atoms with Gasteiger partial charge in [0.25, 0.3) is 0 Å². The summed E-state index contributed by atoms with van der Waals surface area (Å²) in [5.41, 5.74) is 11.5. The molecule has 3 heterocycles. The lowest BCUT2D eigenvalue weighted by atomic mass is 10.1. The average Bonchev–Trinajstić information content (AvgIpc) is 3.26. The Bertz CT molecular complexity index is 1420. The molecule has 5 rings (SSSR count). The number of nitrogen functional groups attached to an aromatic ring is 1. The van der Waals surface area contributed by atoms with E-state index in [4.69, 9.17) is 5.73 Å². The Labute approximate surface area is 219 Å². The number of rotatable bonds is 6. The first kappa shape index (κ1) is 25.0. The van der Waals surface area contributed by atoms with E-state index in [0.717, 1.165) is 60.6 Å². The Morgan fingerprint density at radius 3 is 2.57 bits per heavy atom. The van der Waals surface area contributed by atoms with Crippen LogP contribution in [0.3, 0.4) is 0 Å². The van der Waals surface area contributed by atoms with E-state index in [1.807, 2.05) is 23.6 Å². The molecule has 37 heavy (non-hydrogen) atoms. The predicted molar refractivity (Wildman–Crippen MR) is 147 cm³/mol. The number of fused-ring (bicyclic) bond motifs is 1. The fourth-order valence-corrected chi connectivity index (χ4v) is 5.05. The van der Waals surface area contributed by atoms with Crippen LogP contribution in [0.25, 0.3) is 16.6 Å². The number of hydrogen-bond donors (Lipinski definition) is 3. The maximum atomic E-state index is 14.0. The summed E-state index contributed by atoms with van der Waals surface area (Å²) in [5.74, 6) is -0.0800. The van der Waals surface area contributed by atoms with Crippen LogP contribution in [0.2, 0.25) is 0 Å². The molecule has 0 atom stereocenters. The molecule has 4 aromatic rings. The lowest BCUT2D eigenvalue weighted by Gasteiger charge is -2.32. The Morgan fingerprint density at radius 2 is 1.84 bits per heavy atom. The third-order valence-corrected chi connectivity index (χ3v) is 7.34. The molecule has 9 nitrogen and oxygen atoms in total. The number of anilines is 3. The molecule has 1 fully saturated rings. The highest BCUT2D eigenvalue weighted by Crippen LogP contribution is 2.32. The standard InChI is InChI=1S/C26H29FN8OS/c1-17-3-8-22(27)23(13-17)32-26(36)31-19-6-4-18(5-7-19)21-14-20(35-24(21)25(28)29-16-30-35)15-33-9-11-34(37-2)12-10-33/h3-8,13-14,16H,9-12,15H2,1-2H3,(H2,28,29,30)(H2,31,32,36). The summed E-state index contributed by atoms with van der Waals surface area (Å²) in [6.07, 6.45) is 3.59. The van der Waals surface area contributed by atoms with Gasteiger partial charge in [0.2, 0.25) is 0 Å². The molecule has 0 aliphatic carbocycles. The van der Waals surface area contributed by atoms with Crippen LogP contribution >= 0.6 is 11.9 Å². The SMILES string of the molecule is CSN1CCN(Cc2cc(-c3ccc(NC(=O)Nc4cc(C)ccc4F)cc3)c3c(N)ncnn23)CC1. The van der Waals surface area contributed by atoms with Gasteiger partial charge in [0.1, 0.15) is 17.7 Å². The Hall–Kier alpha value is -3.67. The molecule has 0 unspecified atom stereocenters. The second-order valence-corrected chi connectivity index (χ2v) is 9.86. The number of nitrogens with two attached hydrogens (primary N) is 1. The number of aromatic nitrogens is 3. The highest BCUT2D eigenvalue weighted by atomic mass is 32.2. The van der Waals surface area contributed by atoms with Crippen molar-refractivity contribution in [1.82, 2.24) is 23.8 Å². The van der Waals surface area contributed by atoms with Gasteiger partial charge in [0.05, 0.1) is 11.4 Å². The van der Waals surface area contributed by atoms with E-state index in [1.54, 1.807) is 36.2 Å². The molecule has 0 bridgehead atoms. The highest BCUT2D eigenvalue weighted by Gasteiger charge is 2.20. The van der Waals surface area contributed by atoms with Crippen LogP contribution in [0, 0.1) is 12.7 Å². The Balaban J connectivity index is 1.34. The molecule has 2 aromatic heterocycles. The number of halogens is 1.